The molecule has 0 atom stereocenters. The van der Waals surface area contributed by atoms with Crippen LogP contribution in [0.15, 0.2) is 41.4 Å². The Kier molecular flexibility index (Phi) is 2.95. The molecule has 0 saturated carbocycles. The normalized spacial score (nSPS) is 11.3. The molecule has 0 fully saturated rings. The van der Waals surface area contributed by atoms with Crippen LogP contribution >= 0.6 is 23.6 Å². The van der Waals surface area contributed by atoms with Gasteiger partial charge in [0.2, 0.25) is 5.13 Å². The van der Waals surface area contributed by atoms with Crippen LogP contribution in [0.4, 0.5) is 5.13 Å². The molecule has 1 aromatic carbocycles. The number of fused-ring (bicyclic) bond motifs is 1. The molecule has 0 spiro atoms. The first-order chi connectivity index (χ1) is 8.81. The van der Waals surface area contributed by atoms with E-state index in [1.807, 2.05) is 36.4 Å². The molecule has 6 heteroatoms. The van der Waals surface area contributed by atoms with Crippen molar-refractivity contribution in [2.24, 2.45) is 4.99 Å². The first-order valence-corrected chi connectivity index (χ1v) is 6.49. The number of nitrogens with zero attached hydrogens (tertiary/aromatic N) is 3. The Morgan fingerprint density at radius 3 is 2.94 bits per heavy atom. The van der Waals surface area contributed by atoms with Crippen molar-refractivity contribution >= 4 is 45.8 Å². The van der Waals surface area contributed by atoms with Gasteiger partial charge in [0.1, 0.15) is 0 Å². The van der Waals surface area contributed by atoms with E-state index in [1.165, 1.54) is 11.3 Å². The van der Waals surface area contributed by atoms with Crippen LogP contribution in [0, 0.1) is 3.95 Å². The van der Waals surface area contributed by atoms with Gasteiger partial charge in [-0.15, -0.1) is 5.10 Å². The number of para-hydroxylation sites is 1. The Balaban J connectivity index is 1.95. The molecule has 0 aliphatic heterocycles. The van der Waals surface area contributed by atoms with Crippen LogP contribution in [-0.4, -0.2) is 21.4 Å². The standard InChI is InChI=1S/C12H8N4S2/c17-12-16-15-11(18-12)13-7-9-6-5-8-3-1-2-4-10(8)14-9/h1-7H,(H,16,17). The summed E-state index contributed by atoms with van der Waals surface area (Å²) in [7, 11) is 0. The average molecular weight is 272 g/mol. The van der Waals surface area contributed by atoms with Crippen LogP contribution in [-0.2, 0) is 0 Å². The number of nitrogens with one attached hydrogen (secondary N) is 1. The number of hydrogen-bond acceptors (Lipinski definition) is 5. The number of pyridine rings is 1. The number of benzene rings is 1. The topological polar surface area (TPSA) is 53.9 Å². The molecule has 0 aliphatic carbocycles. The van der Waals surface area contributed by atoms with Gasteiger partial charge in [-0.1, -0.05) is 35.6 Å². The Hall–Kier alpha value is -1.92. The van der Waals surface area contributed by atoms with Gasteiger partial charge >= 0.3 is 0 Å². The molecule has 0 bridgehead atoms. The van der Waals surface area contributed by atoms with Gasteiger partial charge in [-0.25, -0.2) is 9.98 Å². The zero-order valence-electron chi connectivity index (χ0n) is 9.20. The van der Waals surface area contributed by atoms with Crippen LogP contribution in [0.2, 0.25) is 0 Å². The van der Waals surface area contributed by atoms with E-state index in [9.17, 15) is 0 Å². The quantitative estimate of drug-likeness (QED) is 0.574. The Morgan fingerprint density at radius 2 is 2.11 bits per heavy atom. The zero-order valence-corrected chi connectivity index (χ0v) is 10.8. The van der Waals surface area contributed by atoms with E-state index in [4.69, 9.17) is 12.2 Å². The van der Waals surface area contributed by atoms with Crippen LogP contribution < -0.4 is 0 Å². The van der Waals surface area contributed by atoms with E-state index in [0.29, 0.717) is 9.09 Å². The van der Waals surface area contributed by atoms with E-state index in [2.05, 4.69) is 20.2 Å². The van der Waals surface area contributed by atoms with Crippen molar-refractivity contribution in [3.05, 3.63) is 46.0 Å². The van der Waals surface area contributed by atoms with Crippen molar-refractivity contribution < 1.29 is 0 Å². The Morgan fingerprint density at radius 1 is 1.22 bits per heavy atom. The lowest BCUT2D eigenvalue weighted by atomic mass is 10.2. The predicted octanol–water partition coefficient (Wildman–Crippen LogP) is 3.50. The highest BCUT2D eigenvalue weighted by atomic mass is 32.1. The first-order valence-electron chi connectivity index (χ1n) is 5.27. The lowest BCUT2D eigenvalue weighted by Gasteiger charge is -1.97. The second-order valence-electron chi connectivity index (χ2n) is 3.58. The summed E-state index contributed by atoms with van der Waals surface area (Å²) in [6.07, 6.45) is 1.69. The number of aliphatic imine (C=N–C) groups is 1. The van der Waals surface area contributed by atoms with Gasteiger partial charge in [0.15, 0.2) is 3.95 Å². The van der Waals surface area contributed by atoms with Crippen LogP contribution in [0.3, 0.4) is 0 Å². The molecule has 4 nitrogen and oxygen atoms in total. The molecule has 0 amide bonds. The average Bonchev–Trinajstić information content (AvgIpc) is 2.82. The minimum atomic E-state index is 0.606. The minimum absolute atomic E-state index is 0.606. The summed E-state index contributed by atoms with van der Waals surface area (Å²) in [6.45, 7) is 0. The molecule has 3 aromatic rings. The molecular formula is C12H8N4S2. The number of aromatic amines is 1. The lowest BCUT2D eigenvalue weighted by Crippen LogP contribution is -1.87. The van der Waals surface area contributed by atoms with Crippen LogP contribution in [0.5, 0.6) is 0 Å². The molecule has 3 rings (SSSR count). The maximum absolute atomic E-state index is 4.94. The molecular weight excluding hydrogens is 264 g/mol. The highest BCUT2D eigenvalue weighted by molar-refractivity contribution is 7.73. The fraction of sp³-hybridized carbons (Fsp3) is 0. The second-order valence-corrected chi connectivity index (χ2v) is 5.23. The lowest BCUT2D eigenvalue weighted by molar-refractivity contribution is 1.07. The molecule has 88 valence electrons. The van der Waals surface area contributed by atoms with Gasteiger partial charge in [0.25, 0.3) is 0 Å². The number of H-pyrrole nitrogens is 1. The van der Waals surface area contributed by atoms with E-state index < -0.39 is 0 Å². The maximum Gasteiger partial charge on any atom is 0.230 e. The highest BCUT2D eigenvalue weighted by Gasteiger charge is 1.96. The van der Waals surface area contributed by atoms with E-state index in [1.54, 1.807) is 6.21 Å². The molecule has 0 radical (unpaired) electrons. The smallest absolute Gasteiger partial charge is 0.230 e. The van der Waals surface area contributed by atoms with Crippen molar-refractivity contribution in [3.8, 4) is 0 Å². The van der Waals surface area contributed by atoms with E-state index >= 15 is 0 Å². The summed E-state index contributed by atoms with van der Waals surface area (Å²) >= 11 is 6.27. The van der Waals surface area contributed by atoms with Gasteiger partial charge in [-0.05, 0) is 24.4 Å². The minimum Gasteiger partial charge on any atom is -0.256 e. The molecule has 2 heterocycles. The summed E-state index contributed by atoms with van der Waals surface area (Å²) in [4.78, 5) is 8.71. The monoisotopic (exact) mass is 272 g/mol. The number of rotatable bonds is 2. The maximum atomic E-state index is 4.94. The summed E-state index contributed by atoms with van der Waals surface area (Å²) in [6, 6.07) is 11.9. The van der Waals surface area contributed by atoms with Crippen molar-refractivity contribution in [2.45, 2.75) is 0 Å². The fourth-order valence-electron chi connectivity index (χ4n) is 1.55. The summed E-state index contributed by atoms with van der Waals surface area (Å²) in [5.74, 6) is 0. The molecule has 0 saturated heterocycles. The largest absolute Gasteiger partial charge is 0.256 e. The Bertz CT molecular complexity index is 773. The van der Waals surface area contributed by atoms with E-state index in [-0.39, 0.29) is 0 Å². The molecule has 0 unspecified atom stereocenters. The van der Waals surface area contributed by atoms with Crippen LogP contribution in [0.1, 0.15) is 5.69 Å². The van der Waals surface area contributed by atoms with Gasteiger partial charge in [-0.3, -0.25) is 5.10 Å². The van der Waals surface area contributed by atoms with Crippen molar-refractivity contribution in [2.75, 3.05) is 0 Å². The van der Waals surface area contributed by atoms with Crippen molar-refractivity contribution in [1.29, 1.82) is 0 Å². The molecule has 1 N–H and O–H groups in total. The second kappa shape index (κ2) is 4.75. The van der Waals surface area contributed by atoms with Gasteiger partial charge in [0, 0.05) is 5.39 Å². The summed E-state index contributed by atoms with van der Waals surface area (Å²) in [5.41, 5.74) is 1.76. The van der Waals surface area contributed by atoms with Crippen LogP contribution in [0.25, 0.3) is 10.9 Å². The third-order valence-corrected chi connectivity index (χ3v) is 3.35. The SMILES string of the molecule is S=c1[nH]nc(N=Cc2ccc3ccccc3n2)s1. The third kappa shape index (κ3) is 2.34. The van der Waals surface area contributed by atoms with E-state index in [0.717, 1.165) is 16.6 Å². The highest BCUT2D eigenvalue weighted by Crippen LogP contribution is 2.15. The number of hydrogen-bond donors (Lipinski definition) is 1. The van der Waals surface area contributed by atoms with Gasteiger partial charge in [-0.2, -0.15) is 0 Å². The predicted molar refractivity (Wildman–Crippen MR) is 76.3 cm³/mol. The zero-order chi connectivity index (χ0) is 12.4. The van der Waals surface area contributed by atoms with Crippen molar-refractivity contribution in [3.63, 3.8) is 0 Å². The van der Waals surface area contributed by atoms with Gasteiger partial charge < -0.3 is 0 Å². The molecule has 18 heavy (non-hydrogen) atoms. The molecule has 2 aromatic heterocycles. The van der Waals surface area contributed by atoms with Crippen molar-refractivity contribution in [1.82, 2.24) is 15.2 Å². The first kappa shape index (κ1) is 11.2. The summed E-state index contributed by atoms with van der Waals surface area (Å²) in [5, 5.41) is 8.36. The summed E-state index contributed by atoms with van der Waals surface area (Å²) < 4.78 is 0.619. The fourth-order valence-corrected chi connectivity index (χ4v) is 2.28. The third-order valence-electron chi connectivity index (χ3n) is 2.35. The number of aromatic nitrogens is 3. The molecule has 0 aliphatic rings. The van der Waals surface area contributed by atoms with Gasteiger partial charge in [0.05, 0.1) is 17.4 Å². The Labute approximate surface area is 112 Å².